The van der Waals surface area contributed by atoms with E-state index in [-0.39, 0.29) is 41.2 Å². The molecule has 2 aromatic heterocycles. The molecule has 2 fully saturated rings. The molecular formula is C33H30F2N4O4S. The number of carbonyl (C=O) groups is 3. The predicted octanol–water partition coefficient (Wildman–Crippen LogP) is 6.50. The molecule has 2 aliphatic rings. The van der Waals surface area contributed by atoms with Gasteiger partial charge in [-0.05, 0) is 67.5 Å². The number of carboxylic acids is 1. The minimum atomic E-state index is -1.10. The van der Waals surface area contributed by atoms with Gasteiger partial charge >= 0.3 is 5.97 Å². The highest BCUT2D eigenvalue weighted by Gasteiger charge is 2.40. The van der Waals surface area contributed by atoms with Crippen molar-refractivity contribution in [1.29, 1.82) is 0 Å². The Balaban J connectivity index is 1.32. The number of pyridine rings is 1. The average molecular weight is 617 g/mol. The molecule has 0 radical (unpaired) electrons. The van der Waals surface area contributed by atoms with Gasteiger partial charge in [0.1, 0.15) is 17.3 Å². The van der Waals surface area contributed by atoms with E-state index in [1.165, 1.54) is 23.1 Å². The van der Waals surface area contributed by atoms with E-state index in [4.69, 9.17) is 0 Å². The molecule has 3 heterocycles. The third-order valence-corrected chi connectivity index (χ3v) is 8.76. The van der Waals surface area contributed by atoms with Crippen molar-refractivity contribution < 1.29 is 28.3 Å². The second-order valence-corrected chi connectivity index (χ2v) is 12.1. The summed E-state index contributed by atoms with van der Waals surface area (Å²) in [6, 6.07) is 16.4. The van der Waals surface area contributed by atoms with E-state index in [0.717, 1.165) is 18.4 Å². The monoisotopic (exact) mass is 616 g/mol. The number of aromatic nitrogens is 2. The van der Waals surface area contributed by atoms with Crippen LogP contribution in [0.5, 0.6) is 0 Å². The van der Waals surface area contributed by atoms with Crippen molar-refractivity contribution in [2.24, 2.45) is 5.92 Å². The zero-order valence-electron chi connectivity index (χ0n) is 23.8. The lowest BCUT2D eigenvalue weighted by Gasteiger charge is -2.25. The summed E-state index contributed by atoms with van der Waals surface area (Å²) >= 11 is 0.685. The van der Waals surface area contributed by atoms with Gasteiger partial charge in [-0.3, -0.25) is 24.2 Å². The van der Waals surface area contributed by atoms with Crippen molar-refractivity contribution in [2.45, 2.75) is 51.0 Å². The topological polar surface area (TPSA) is 104 Å². The Morgan fingerprint density at radius 1 is 1.05 bits per heavy atom. The number of rotatable bonds is 10. The summed E-state index contributed by atoms with van der Waals surface area (Å²) in [7, 11) is 0. The van der Waals surface area contributed by atoms with Gasteiger partial charge in [0.2, 0.25) is 16.9 Å². The largest absolute Gasteiger partial charge is 0.481 e. The molecule has 2 aromatic carbocycles. The van der Waals surface area contributed by atoms with E-state index >= 15 is 4.39 Å². The smallest absolute Gasteiger partial charge is 0.304 e. The summed E-state index contributed by atoms with van der Waals surface area (Å²) < 4.78 is 30.3. The van der Waals surface area contributed by atoms with E-state index in [1.54, 1.807) is 23.2 Å². The molecule has 1 aliphatic heterocycles. The molecule has 11 heteroatoms. The normalized spacial score (nSPS) is 15.7. The van der Waals surface area contributed by atoms with Gasteiger partial charge in [0, 0.05) is 36.3 Å². The number of benzene rings is 2. The number of anilines is 2. The van der Waals surface area contributed by atoms with Crippen LogP contribution in [-0.2, 0) is 20.8 Å². The molecule has 1 aliphatic carbocycles. The Bertz CT molecular complexity index is 1690. The number of amides is 2. The lowest BCUT2D eigenvalue weighted by Crippen LogP contribution is -2.39. The van der Waals surface area contributed by atoms with Crippen LogP contribution in [0.4, 0.5) is 19.7 Å². The predicted molar refractivity (Wildman–Crippen MR) is 163 cm³/mol. The van der Waals surface area contributed by atoms with E-state index in [2.05, 4.69) is 9.97 Å². The van der Waals surface area contributed by atoms with Gasteiger partial charge in [-0.2, -0.15) is 4.39 Å². The van der Waals surface area contributed by atoms with Crippen molar-refractivity contribution in [3.63, 3.8) is 0 Å². The van der Waals surface area contributed by atoms with Crippen LogP contribution in [0.3, 0.4) is 0 Å². The Hall–Kier alpha value is -4.51. The quantitative estimate of drug-likeness (QED) is 0.218. The van der Waals surface area contributed by atoms with Crippen LogP contribution in [0.2, 0.25) is 0 Å². The fourth-order valence-electron chi connectivity index (χ4n) is 5.59. The number of hydrogen-bond acceptors (Lipinski definition) is 6. The van der Waals surface area contributed by atoms with Crippen molar-refractivity contribution in [3.8, 4) is 22.4 Å². The highest BCUT2D eigenvalue weighted by Crippen LogP contribution is 2.41. The lowest BCUT2D eigenvalue weighted by atomic mass is 9.94. The molecule has 1 saturated heterocycles. The highest BCUT2D eigenvalue weighted by atomic mass is 32.1. The van der Waals surface area contributed by atoms with Gasteiger partial charge in [0.15, 0.2) is 5.13 Å². The maximum atomic E-state index is 15.7. The van der Waals surface area contributed by atoms with Gasteiger partial charge in [-0.25, -0.2) is 14.4 Å². The fraction of sp³-hybridized carbons (Fsp3) is 0.303. The van der Waals surface area contributed by atoms with Crippen LogP contribution in [0.1, 0.15) is 44.1 Å². The lowest BCUT2D eigenvalue weighted by molar-refractivity contribution is -0.140. The Morgan fingerprint density at radius 3 is 2.52 bits per heavy atom. The van der Waals surface area contributed by atoms with Crippen molar-refractivity contribution in [1.82, 2.24) is 9.97 Å². The first-order chi connectivity index (χ1) is 21.3. The third-order valence-electron chi connectivity index (χ3n) is 7.92. The number of carboxylic acid groups (broad SMARTS) is 1. The standard InChI is InChI=1S/C33H30F2N4O4S/c34-23-10-13-25(21-9-14-27(36-19-21)38-15-5-4-8-28(38)40)26(18-23)30-31(35)44-33(37-30)39(24-11-12-24)32(43)22(17-29(41)42)16-20-6-2-1-3-7-20/h1-3,6-7,9-10,13-14,18-19,22,24H,4-5,8,11-12,15-17H2,(H,41,42)/t22-/m1/s1. The maximum absolute atomic E-state index is 15.7. The van der Waals surface area contributed by atoms with Crippen LogP contribution < -0.4 is 9.80 Å². The molecule has 8 nitrogen and oxygen atoms in total. The number of halogens is 2. The first kappa shape index (κ1) is 29.6. The van der Waals surface area contributed by atoms with Gasteiger partial charge in [-0.15, -0.1) is 0 Å². The Morgan fingerprint density at radius 2 is 1.84 bits per heavy atom. The van der Waals surface area contributed by atoms with Crippen LogP contribution in [0, 0.1) is 16.9 Å². The van der Waals surface area contributed by atoms with Crippen molar-refractivity contribution in [3.05, 3.63) is 83.4 Å². The van der Waals surface area contributed by atoms with E-state index < -0.39 is 28.7 Å². The van der Waals surface area contributed by atoms with Crippen LogP contribution in [0.15, 0.2) is 66.9 Å². The molecule has 0 bridgehead atoms. The number of piperidine rings is 1. The molecule has 0 unspecified atom stereocenters. The summed E-state index contributed by atoms with van der Waals surface area (Å²) in [5.41, 5.74) is 1.99. The fourth-order valence-corrected chi connectivity index (χ4v) is 6.48. The van der Waals surface area contributed by atoms with Crippen LogP contribution >= 0.6 is 11.3 Å². The molecule has 226 valence electrons. The molecule has 1 atom stereocenters. The van der Waals surface area contributed by atoms with Crippen LogP contribution in [-0.4, -0.2) is 45.4 Å². The summed E-state index contributed by atoms with van der Waals surface area (Å²) in [6.07, 6.45) is 5.01. The third kappa shape index (κ3) is 6.37. The SMILES string of the molecule is O=C(O)C[C@@H](Cc1ccccc1)C(=O)N(c1nc(-c2cc(F)ccc2-c2ccc(N3CCCCC3=O)nc2)c(F)s1)C1CC1. The number of thiazole rings is 1. The summed E-state index contributed by atoms with van der Waals surface area (Å²) in [6.45, 7) is 0.592. The summed E-state index contributed by atoms with van der Waals surface area (Å²) in [5, 5.41) is 9.00. The van der Waals surface area contributed by atoms with Crippen molar-refractivity contribution >= 4 is 40.1 Å². The minimum Gasteiger partial charge on any atom is -0.481 e. The summed E-state index contributed by atoms with van der Waals surface area (Å²) in [5.74, 6) is -2.44. The number of carbonyl (C=O) groups excluding carboxylic acids is 2. The van der Waals surface area contributed by atoms with Gasteiger partial charge in [0.05, 0.1) is 12.3 Å². The molecule has 44 heavy (non-hydrogen) atoms. The van der Waals surface area contributed by atoms with Crippen molar-refractivity contribution in [2.75, 3.05) is 16.3 Å². The molecule has 1 saturated carbocycles. The van der Waals surface area contributed by atoms with Crippen LogP contribution in [0.25, 0.3) is 22.4 Å². The van der Waals surface area contributed by atoms with Gasteiger partial charge < -0.3 is 5.11 Å². The summed E-state index contributed by atoms with van der Waals surface area (Å²) in [4.78, 5) is 50.0. The maximum Gasteiger partial charge on any atom is 0.304 e. The molecule has 2 amide bonds. The number of nitrogens with zero attached hydrogens (tertiary/aromatic N) is 4. The zero-order chi connectivity index (χ0) is 30.8. The van der Waals surface area contributed by atoms with E-state index in [1.807, 2.05) is 30.3 Å². The molecule has 0 spiro atoms. The number of hydrogen-bond donors (Lipinski definition) is 1. The molecule has 1 N–H and O–H groups in total. The Kier molecular flexibility index (Phi) is 8.47. The molecular weight excluding hydrogens is 586 g/mol. The second-order valence-electron chi connectivity index (χ2n) is 11.1. The highest BCUT2D eigenvalue weighted by molar-refractivity contribution is 7.14. The first-order valence-electron chi connectivity index (χ1n) is 14.6. The number of aliphatic carboxylic acids is 1. The first-order valence-corrected chi connectivity index (χ1v) is 15.4. The Labute approximate surface area is 257 Å². The zero-order valence-corrected chi connectivity index (χ0v) is 24.6. The van der Waals surface area contributed by atoms with E-state index in [9.17, 15) is 23.9 Å². The minimum absolute atomic E-state index is 0.0140. The molecule has 6 rings (SSSR count). The van der Waals surface area contributed by atoms with Gasteiger partial charge in [-0.1, -0.05) is 47.7 Å². The molecule has 4 aromatic rings. The average Bonchev–Trinajstić information content (AvgIpc) is 3.78. The van der Waals surface area contributed by atoms with Gasteiger partial charge in [0.25, 0.3) is 0 Å². The van der Waals surface area contributed by atoms with E-state index in [0.29, 0.717) is 54.1 Å². The second kappa shape index (κ2) is 12.6.